The van der Waals surface area contributed by atoms with Crippen LogP contribution in [-0.4, -0.2) is 24.6 Å². The van der Waals surface area contributed by atoms with Gasteiger partial charge >= 0.3 is 12.1 Å². The van der Waals surface area contributed by atoms with Gasteiger partial charge in [-0.25, -0.2) is 13.2 Å². The van der Waals surface area contributed by atoms with E-state index >= 15 is 0 Å². The number of carboxylic acids is 1. The second-order valence-electron chi connectivity index (χ2n) is 9.40. The maximum absolute atomic E-state index is 13.2. The Morgan fingerprint density at radius 3 is 1.82 bits per heavy atom. The fourth-order valence-electron chi connectivity index (χ4n) is 4.01. The summed E-state index contributed by atoms with van der Waals surface area (Å²) in [5.41, 5.74) is -0.0450. The van der Waals surface area contributed by atoms with Gasteiger partial charge in [-0.3, -0.25) is 4.72 Å². The van der Waals surface area contributed by atoms with E-state index in [2.05, 4.69) is 4.72 Å². The summed E-state index contributed by atoms with van der Waals surface area (Å²) in [5, 5.41) is 19.5. The Labute approximate surface area is 262 Å². The van der Waals surface area contributed by atoms with Crippen LogP contribution in [-0.2, 0) is 16.2 Å². The van der Waals surface area contributed by atoms with E-state index in [1.807, 2.05) is 60.7 Å². The van der Waals surface area contributed by atoms with Gasteiger partial charge in [0.15, 0.2) is 5.75 Å². The molecule has 0 saturated carbocycles. The number of sulfonamides is 1. The van der Waals surface area contributed by atoms with Crippen molar-refractivity contribution in [3.63, 3.8) is 0 Å². The number of anilines is 1. The second-order valence-corrected chi connectivity index (χ2v) is 11.5. The molecule has 0 unspecified atom stereocenters. The largest absolute Gasteiger partial charge is 0.478 e. The molecule has 0 heterocycles. The molecular formula is C33H25ClF3NO6S. The molecule has 232 valence electrons. The molecule has 3 N–H and O–H groups in total. The Balaban J connectivity index is 0.000000273. The average molecular weight is 656 g/mol. The van der Waals surface area contributed by atoms with E-state index in [0.29, 0.717) is 12.1 Å². The molecule has 0 aromatic heterocycles. The van der Waals surface area contributed by atoms with Crippen molar-refractivity contribution < 1.29 is 41.3 Å². The van der Waals surface area contributed by atoms with Crippen LogP contribution in [0.3, 0.4) is 0 Å². The zero-order valence-electron chi connectivity index (χ0n) is 23.1. The van der Waals surface area contributed by atoms with Crippen LogP contribution in [0.1, 0.15) is 33.2 Å². The van der Waals surface area contributed by atoms with Crippen LogP contribution < -0.4 is 9.46 Å². The number of aliphatic hydroxyl groups is 1. The lowest BCUT2D eigenvalue weighted by molar-refractivity contribution is -0.137. The lowest BCUT2D eigenvalue weighted by Gasteiger charge is -2.17. The van der Waals surface area contributed by atoms with Crippen molar-refractivity contribution in [2.75, 3.05) is 4.72 Å². The molecule has 7 nitrogen and oxygen atoms in total. The number of carbonyl (C=O) groups is 1. The molecule has 0 bridgehead atoms. The van der Waals surface area contributed by atoms with E-state index in [1.54, 1.807) is 0 Å². The normalized spacial score (nSPS) is 11.3. The van der Waals surface area contributed by atoms with Gasteiger partial charge in [0, 0.05) is 5.02 Å². The van der Waals surface area contributed by atoms with Crippen molar-refractivity contribution in [2.24, 2.45) is 0 Å². The minimum Gasteiger partial charge on any atom is -0.478 e. The highest BCUT2D eigenvalue weighted by atomic mass is 35.5. The Morgan fingerprint density at radius 2 is 1.29 bits per heavy atom. The van der Waals surface area contributed by atoms with Crippen LogP contribution in [0.4, 0.5) is 18.9 Å². The predicted molar refractivity (Wildman–Crippen MR) is 164 cm³/mol. The van der Waals surface area contributed by atoms with Crippen molar-refractivity contribution in [3.8, 4) is 11.5 Å². The molecule has 5 rings (SSSR count). The van der Waals surface area contributed by atoms with Crippen molar-refractivity contribution in [1.29, 1.82) is 0 Å². The maximum atomic E-state index is 13.2. The first-order valence-electron chi connectivity index (χ1n) is 13.1. The Kier molecular flexibility index (Phi) is 10.5. The van der Waals surface area contributed by atoms with Crippen molar-refractivity contribution >= 4 is 33.3 Å². The summed E-state index contributed by atoms with van der Waals surface area (Å²) in [7, 11) is -4.31. The van der Waals surface area contributed by atoms with Crippen LogP contribution in [0.25, 0.3) is 0 Å². The number of hydrogen-bond acceptors (Lipinski definition) is 5. The number of halogens is 4. The molecule has 5 aromatic carbocycles. The van der Waals surface area contributed by atoms with E-state index < -0.39 is 39.5 Å². The SMILES string of the molecule is O=C(O)c1ccccc1Oc1ccc(C(F)(F)F)cc1NS(=O)(=O)c1ccc(Cl)cc1.OC(c1ccccc1)c1ccccc1. The zero-order valence-corrected chi connectivity index (χ0v) is 24.7. The number of rotatable bonds is 8. The van der Waals surface area contributed by atoms with Gasteiger partial charge in [0.1, 0.15) is 17.4 Å². The molecular weight excluding hydrogens is 631 g/mol. The molecule has 0 aliphatic rings. The third-order valence-electron chi connectivity index (χ3n) is 6.24. The zero-order chi connectivity index (χ0) is 32.6. The van der Waals surface area contributed by atoms with Gasteiger partial charge in [0.25, 0.3) is 10.0 Å². The van der Waals surface area contributed by atoms with Crippen molar-refractivity contribution in [3.05, 3.63) is 155 Å². The van der Waals surface area contributed by atoms with Gasteiger partial charge in [-0.2, -0.15) is 13.2 Å². The van der Waals surface area contributed by atoms with Crippen LogP contribution in [0.2, 0.25) is 5.02 Å². The van der Waals surface area contributed by atoms with Gasteiger partial charge in [0.2, 0.25) is 0 Å². The number of hydrogen-bond donors (Lipinski definition) is 3. The third kappa shape index (κ3) is 8.85. The molecule has 0 aliphatic heterocycles. The Hall–Kier alpha value is -4.84. The molecule has 0 amide bonds. The van der Waals surface area contributed by atoms with E-state index in [9.17, 15) is 36.6 Å². The highest BCUT2D eigenvalue weighted by molar-refractivity contribution is 7.92. The van der Waals surface area contributed by atoms with E-state index in [1.165, 1.54) is 48.5 Å². The lowest BCUT2D eigenvalue weighted by Crippen LogP contribution is -2.15. The standard InChI is InChI=1S/C20H13ClF3NO5S.C13H12O/c21-13-6-8-14(9-7-13)31(28,29)25-16-11-12(20(22,23)24)5-10-18(16)30-17-4-2-1-3-15(17)19(26)27;14-13(11-7-3-1-4-8-11)12-9-5-2-6-10-12/h1-11,25H,(H,26,27);1-10,13-14H. The fourth-order valence-corrected chi connectivity index (χ4v) is 5.19. The Morgan fingerprint density at radius 1 is 0.756 bits per heavy atom. The van der Waals surface area contributed by atoms with Crippen LogP contribution in [0.15, 0.2) is 132 Å². The molecule has 0 saturated heterocycles. The minimum absolute atomic E-state index is 0.179. The molecule has 0 radical (unpaired) electrons. The lowest BCUT2D eigenvalue weighted by atomic mass is 10.0. The fraction of sp³-hybridized carbons (Fsp3) is 0.0606. The molecule has 0 fully saturated rings. The number of aliphatic hydroxyl groups excluding tert-OH is 1. The minimum atomic E-state index is -4.75. The smallest absolute Gasteiger partial charge is 0.416 e. The van der Waals surface area contributed by atoms with E-state index in [0.717, 1.165) is 17.2 Å². The van der Waals surface area contributed by atoms with Crippen LogP contribution >= 0.6 is 11.6 Å². The summed E-state index contributed by atoms with van der Waals surface area (Å²) >= 11 is 5.74. The van der Waals surface area contributed by atoms with E-state index in [-0.39, 0.29) is 27.0 Å². The molecule has 12 heteroatoms. The highest BCUT2D eigenvalue weighted by Crippen LogP contribution is 2.38. The Bertz CT molecular complexity index is 1810. The number of aromatic carboxylic acids is 1. The van der Waals surface area contributed by atoms with Gasteiger partial charge in [-0.15, -0.1) is 0 Å². The van der Waals surface area contributed by atoms with Gasteiger partial charge < -0.3 is 14.9 Å². The third-order valence-corrected chi connectivity index (χ3v) is 7.88. The quantitative estimate of drug-likeness (QED) is 0.155. The summed E-state index contributed by atoms with van der Waals surface area (Å²) in [6.45, 7) is 0. The summed E-state index contributed by atoms with van der Waals surface area (Å²) in [6, 6.07) is 31.9. The summed E-state index contributed by atoms with van der Waals surface area (Å²) < 4.78 is 72.4. The van der Waals surface area contributed by atoms with Crippen LogP contribution in [0, 0.1) is 0 Å². The molecule has 0 atom stereocenters. The number of benzene rings is 5. The summed E-state index contributed by atoms with van der Waals surface area (Å²) in [4.78, 5) is 11.1. The second kappa shape index (κ2) is 14.3. The van der Waals surface area contributed by atoms with Gasteiger partial charge in [-0.05, 0) is 65.7 Å². The van der Waals surface area contributed by atoms with Gasteiger partial charge in [0.05, 0.1) is 16.1 Å². The molecule has 0 aliphatic carbocycles. The first kappa shape index (κ1) is 33.1. The number of carboxylic acid groups (broad SMARTS) is 1. The highest BCUT2D eigenvalue weighted by Gasteiger charge is 2.32. The van der Waals surface area contributed by atoms with Crippen molar-refractivity contribution in [1.82, 2.24) is 0 Å². The van der Waals surface area contributed by atoms with E-state index in [4.69, 9.17) is 16.3 Å². The van der Waals surface area contributed by atoms with Crippen LogP contribution in [0.5, 0.6) is 11.5 Å². The number of ether oxygens (including phenoxy) is 1. The summed E-state index contributed by atoms with van der Waals surface area (Å²) in [6.07, 6.45) is -5.27. The predicted octanol–water partition coefficient (Wildman–Crippen LogP) is 8.42. The average Bonchev–Trinajstić information content (AvgIpc) is 3.02. The number of para-hydroxylation sites is 1. The summed E-state index contributed by atoms with van der Waals surface area (Å²) in [5.74, 6) is -1.83. The maximum Gasteiger partial charge on any atom is 0.416 e. The molecule has 45 heavy (non-hydrogen) atoms. The van der Waals surface area contributed by atoms with Gasteiger partial charge in [-0.1, -0.05) is 84.4 Å². The number of alkyl halides is 3. The van der Waals surface area contributed by atoms with Crippen molar-refractivity contribution in [2.45, 2.75) is 17.2 Å². The molecule has 0 spiro atoms. The monoisotopic (exact) mass is 655 g/mol. The number of nitrogens with one attached hydrogen (secondary N) is 1. The first-order valence-corrected chi connectivity index (χ1v) is 15.0. The molecule has 5 aromatic rings. The topological polar surface area (TPSA) is 113 Å². The first-order chi connectivity index (χ1) is 21.3.